The minimum Gasteiger partial charge on any atom is -0.494 e. The first kappa shape index (κ1) is 32.3. The first-order valence-electron chi connectivity index (χ1n) is 13.7. The van der Waals surface area contributed by atoms with Crippen LogP contribution >= 0.6 is 0 Å². The molecule has 0 aromatic carbocycles. The molecule has 0 saturated heterocycles. The van der Waals surface area contributed by atoms with Crippen molar-refractivity contribution >= 4 is 5.65 Å². The number of aromatic nitrogens is 4. The van der Waals surface area contributed by atoms with Gasteiger partial charge >= 0.3 is 6.18 Å². The fraction of sp³-hybridized carbons (Fsp3) is 0.607. The number of nitrogens with two attached hydrogens (primary N) is 1. The van der Waals surface area contributed by atoms with E-state index >= 15 is 0 Å². The lowest BCUT2D eigenvalue weighted by Gasteiger charge is -2.16. The number of imidazole rings is 1. The lowest BCUT2D eigenvalue weighted by atomic mass is 10.0. The molecule has 11 heteroatoms. The van der Waals surface area contributed by atoms with Crippen LogP contribution in [0.1, 0.15) is 83.6 Å². The number of alkyl halides is 3. The average molecular weight is 553 g/mol. The van der Waals surface area contributed by atoms with Crippen LogP contribution in [0.3, 0.4) is 0 Å². The molecule has 0 aliphatic rings. The maximum absolute atomic E-state index is 12.3. The first-order valence-corrected chi connectivity index (χ1v) is 13.7. The van der Waals surface area contributed by atoms with Crippen LogP contribution in [0.2, 0.25) is 0 Å². The number of fused-ring (bicyclic) bond motifs is 1. The summed E-state index contributed by atoms with van der Waals surface area (Å²) in [5, 5.41) is 8.11. The minimum absolute atomic E-state index is 0.0372. The minimum atomic E-state index is -4.15. The van der Waals surface area contributed by atoms with Crippen LogP contribution in [0.4, 0.5) is 13.2 Å². The summed E-state index contributed by atoms with van der Waals surface area (Å²) in [6, 6.07) is 3.45. The number of aryl methyl sites for hydroxylation is 1. The number of halogens is 3. The van der Waals surface area contributed by atoms with E-state index in [4.69, 9.17) is 20.3 Å². The Balaban J connectivity index is 0.00000260. The molecule has 218 valence electrons. The zero-order valence-corrected chi connectivity index (χ0v) is 23.9. The fourth-order valence-corrected chi connectivity index (χ4v) is 4.13. The lowest BCUT2D eigenvalue weighted by molar-refractivity contribution is -0.136. The van der Waals surface area contributed by atoms with Crippen molar-refractivity contribution in [3.63, 3.8) is 0 Å². The van der Waals surface area contributed by atoms with Crippen LogP contribution < -0.4 is 20.5 Å². The molecule has 8 nitrogen and oxygen atoms in total. The Kier molecular flexibility index (Phi) is 12.9. The largest absolute Gasteiger partial charge is 0.494 e. The molecule has 0 amide bonds. The molecule has 0 aliphatic carbocycles. The van der Waals surface area contributed by atoms with Crippen LogP contribution in [-0.2, 0) is 0 Å². The molecule has 0 bridgehead atoms. The SMILES string of the molecule is CC.CCN[C@H](C)c1cc(-c2cc(OCCCCC[C@@H](N)CCC(F)(F)F)c3nc(C)cn3n2)c(OC)cn1. The second kappa shape index (κ2) is 15.6. The summed E-state index contributed by atoms with van der Waals surface area (Å²) in [6.07, 6.45) is 1.39. The molecule has 3 rings (SSSR count). The highest BCUT2D eigenvalue weighted by Gasteiger charge is 2.27. The maximum Gasteiger partial charge on any atom is 0.389 e. The Morgan fingerprint density at radius 1 is 1.10 bits per heavy atom. The summed E-state index contributed by atoms with van der Waals surface area (Å²) in [6.45, 7) is 11.3. The number of methoxy groups -OCH3 is 1. The Bertz CT molecular complexity index is 1150. The van der Waals surface area contributed by atoms with Crippen molar-refractivity contribution in [3.8, 4) is 22.8 Å². The molecular formula is C28H43F3N6O2. The fourth-order valence-electron chi connectivity index (χ4n) is 4.13. The standard InChI is InChI=1S/C26H37F3N6O2.C2H6/c1-5-31-18(3)21-13-20(24(36-4)15-32-21)22-14-23(25-33-17(2)16-35(25)34-22)37-12-8-6-7-9-19(30)10-11-26(27,28)29;1-2/h13-16,18-19,31H,5-12,30H2,1-4H3;1-2H3/t18-,19-;/m1./s1. The predicted octanol–water partition coefficient (Wildman–Crippen LogP) is 6.41. The van der Waals surface area contributed by atoms with Gasteiger partial charge in [-0.1, -0.05) is 33.6 Å². The normalized spacial score (nSPS) is 13.1. The van der Waals surface area contributed by atoms with Gasteiger partial charge in [-0.05, 0) is 45.7 Å². The molecular weight excluding hydrogens is 509 g/mol. The highest BCUT2D eigenvalue weighted by molar-refractivity contribution is 5.71. The molecule has 39 heavy (non-hydrogen) atoms. The van der Waals surface area contributed by atoms with Gasteiger partial charge in [0.05, 0.1) is 43.2 Å². The van der Waals surface area contributed by atoms with Gasteiger partial charge in [0.25, 0.3) is 0 Å². The number of nitrogens with zero attached hydrogens (tertiary/aromatic N) is 4. The summed E-state index contributed by atoms with van der Waals surface area (Å²) >= 11 is 0. The lowest BCUT2D eigenvalue weighted by Crippen LogP contribution is -2.22. The van der Waals surface area contributed by atoms with Gasteiger partial charge in [0.2, 0.25) is 0 Å². The third-order valence-electron chi connectivity index (χ3n) is 6.13. The first-order chi connectivity index (χ1) is 18.6. The summed E-state index contributed by atoms with van der Waals surface area (Å²) < 4.78 is 50.4. The summed E-state index contributed by atoms with van der Waals surface area (Å²) in [5.41, 5.74) is 9.58. The molecule has 3 heterocycles. The number of hydrogen-bond donors (Lipinski definition) is 2. The van der Waals surface area contributed by atoms with E-state index in [1.54, 1.807) is 17.8 Å². The monoisotopic (exact) mass is 552 g/mol. The van der Waals surface area contributed by atoms with Crippen molar-refractivity contribution in [2.75, 3.05) is 20.3 Å². The number of nitrogens with one attached hydrogen (secondary N) is 1. The van der Waals surface area contributed by atoms with Crippen molar-refractivity contribution in [2.45, 2.75) is 91.4 Å². The zero-order chi connectivity index (χ0) is 29.0. The Morgan fingerprint density at radius 2 is 1.85 bits per heavy atom. The smallest absolute Gasteiger partial charge is 0.389 e. The van der Waals surface area contributed by atoms with Crippen LogP contribution in [0, 0.1) is 6.92 Å². The predicted molar refractivity (Wildman–Crippen MR) is 148 cm³/mol. The van der Waals surface area contributed by atoms with Crippen molar-refractivity contribution in [2.24, 2.45) is 5.73 Å². The van der Waals surface area contributed by atoms with E-state index in [0.29, 0.717) is 35.9 Å². The van der Waals surface area contributed by atoms with Gasteiger partial charge in [0, 0.05) is 30.1 Å². The number of rotatable bonds is 14. The number of ether oxygens (including phenoxy) is 2. The molecule has 0 fully saturated rings. The van der Waals surface area contributed by atoms with Gasteiger partial charge in [-0.3, -0.25) is 4.98 Å². The highest BCUT2D eigenvalue weighted by Crippen LogP contribution is 2.33. The second-order valence-electron chi connectivity index (χ2n) is 9.24. The summed E-state index contributed by atoms with van der Waals surface area (Å²) in [4.78, 5) is 9.08. The van der Waals surface area contributed by atoms with Crippen LogP contribution in [0.15, 0.2) is 24.5 Å². The summed E-state index contributed by atoms with van der Waals surface area (Å²) in [7, 11) is 1.60. The van der Waals surface area contributed by atoms with Crippen LogP contribution in [0.25, 0.3) is 16.9 Å². The topological polar surface area (TPSA) is 99.6 Å². The van der Waals surface area contributed by atoms with Crippen molar-refractivity contribution < 1.29 is 22.6 Å². The third-order valence-corrected chi connectivity index (χ3v) is 6.13. The zero-order valence-electron chi connectivity index (χ0n) is 23.9. The van der Waals surface area contributed by atoms with Crippen LogP contribution in [-0.4, -0.2) is 52.1 Å². The van der Waals surface area contributed by atoms with Crippen LogP contribution in [0.5, 0.6) is 11.5 Å². The number of hydrogen-bond acceptors (Lipinski definition) is 7. The van der Waals surface area contributed by atoms with E-state index in [1.165, 1.54) is 0 Å². The molecule has 0 aliphatic heterocycles. The van der Waals surface area contributed by atoms with Gasteiger partial charge in [0.1, 0.15) is 5.75 Å². The van der Waals surface area contributed by atoms with Gasteiger partial charge in [-0.2, -0.15) is 18.3 Å². The van der Waals surface area contributed by atoms with E-state index in [0.717, 1.165) is 42.8 Å². The Hall–Kier alpha value is -2.92. The Morgan fingerprint density at radius 3 is 2.51 bits per heavy atom. The molecule has 3 aromatic heterocycles. The number of unbranched alkanes of at least 4 members (excludes halogenated alkanes) is 2. The van der Waals surface area contributed by atoms with Crippen molar-refractivity contribution in [1.29, 1.82) is 0 Å². The van der Waals surface area contributed by atoms with E-state index in [1.807, 2.05) is 46.0 Å². The molecule has 0 saturated carbocycles. The molecule has 0 spiro atoms. The second-order valence-corrected chi connectivity index (χ2v) is 9.24. The van der Waals surface area contributed by atoms with Crippen molar-refractivity contribution in [3.05, 3.63) is 35.9 Å². The van der Waals surface area contributed by atoms with Gasteiger partial charge in [-0.15, -0.1) is 0 Å². The van der Waals surface area contributed by atoms with E-state index in [-0.39, 0.29) is 12.5 Å². The molecule has 0 radical (unpaired) electrons. The number of pyridine rings is 1. The van der Waals surface area contributed by atoms with Gasteiger partial charge < -0.3 is 20.5 Å². The quantitative estimate of drug-likeness (QED) is 0.223. The van der Waals surface area contributed by atoms with E-state index in [9.17, 15) is 13.2 Å². The van der Waals surface area contributed by atoms with Crippen molar-refractivity contribution in [1.82, 2.24) is 24.9 Å². The summed E-state index contributed by atoms with van der Waals surface area (Å²) in [5.74, 6) is 1.20. The molecule has 3 aromatic rings. The maximum atomic E-state index is 12.3. The average Bonchev–Trinajstić information content (AvgIpc) is 3.30. The van der Waals surface area contributed by atoms with Gasteiger partial charge in [-0.25, -0.2) is 9.50 Å². The molecule has 3 N–H and O–H groups in total. The molecule has 0 unspecified atom stereocenters. The molecule has 2 atom stereocenters. The van der Waals surface area contributed by atoms with E-state index in [2.05, 4.69) is 22.2 Å². The van der Waals surface area contributed by atoms with Gasteiger partial charge in [0.15, 0.2) is 11.4 Å². The highest BCUT2D eigenvalue weighted by atomic mass is 19.4. The third kappa shape index (κ3) is 9.96. The van der Waals surface area contributed by atoms with E-state index < -0.39 is 18.6 Å². The Labute approximate surface area is 229 Å².